The monoisotopic (exact) mass is 550 g/mol. The van der Waals surface area contributed by atoms with Crippen molar-refractivity contribution >= 4 is 27.0 Å². The Bertz CT molecular complexity index is 1490. The third kappa shape index (κ3) is 7.72. The fourth-order valence-electron chi connectivity index (χ4n) is 4.24. The number of hydrogen-bond donors (Lipinski definition) is 1. The molecule has 0 aliphatic heterocycles. The lowest BCUT2D eigenvalue weighted by atomic mass is 10.1. The fraction of sp³-hybridized carbons (Fsp3) is 0.345. The molecule has 0 saturated heterocycles. The predicted octanol–water partition coefficient (Wildman–Crippen LogP) is 4.24. The number of carbonyl (C=O) groups excluding carboxylic acids is 1. The van der Waals surface area contributed by atoms with Crippen LogP contribution in [0.15, 0.2) is 78.0 Å². The molecule has 4 aromatic rings. The maximum absolute atomic E-state index is 13.2. The summed E-state index contributed by atoms with van der Waals surface area (Å²) in [6, 6.07) is 17.2. The number of aromatic nitrogens is 3. The number of carbonyl (C=O) groups is 1. The summed E-state index contributed by atoms with van der Waals surface area (Å²) >= 11 is 0. The number of esters is 1. The minimum absolute atomic E-state index is 0.0368. The van der Waals surface area contributed by atoms with Gasteiger partial charge in [-0.25, -0.2) is 13.4 Å². The third-order valence-corrected chi connectivity index (χ3v) is 7.68. The number of sulfonamides is 1. The molecular weight excluding hydrogens is 516 g/mol. The molecule has 2 aromatic heterocycles. The first-order valence-electron chi connectivity index (χ1n) is 12.9. The molecule has 0 saturated carbocycles. The summed E-state index contributed by atoms with van der Waals surface area (Å²) in [6.45, 7) is 6.96. The molecule has 0 unspecified atom stereocenters. The maximum Gasteiger partial charge on any atom is 0.324 e. The first kappa shape index (κ1) is 28.4. The Labute approximate surface area is 229 Å². The quantitative estimate of drug-likeness (QED) is 0.196. The standard InChI is InChI=1S/C29H34N4O5S/c1-21(2)17-26(29(34)38-16-15-37-20-24-7-5-4-6-8-24)32-39(35,36)25-11-9-23(10-12-25)19-33-22(3)31-27-18-30-14-13-28(27)33/h4-14,18,21,26,32H,15-17,19-20H2,1-3H3/t26-/m0/s1. The Kier molecular flexibility index (Phi) is 9.45. The van der Waals surface area contributed by atoms with E-state index >= 15 is 0 Å². The minimum Gasteiger partial charge on any atom is -0.462 e. The van der Waals surface area contributed by atoms with Gasteiger partial charge in [-0.15, -0.1) is 0 Å². The Morgan fingerprint density at radius 1 is 1.00 bits per heavy atom. The van der Waals surface area contributed by atoms with Crippen molar-refractivity contribution in [2.75, 3.05) is 13.2 Å². The van der Waals surface area contributed by atoms with Gasteiger partial charge in [-0.3, -0.25) is 9.78 Å². The average molecular weight is 551 g/mol. The van der Waals surface area contributed by atoms with Crippen LogP contribution in [-0.4, -0.2) is 48.2 Å². The van der Waals surface area contributed by atoms with Gasteiger partial charge in [0.2, 0.25) is 10.0 Å². The first-order valence-corrected chi connectivity index (χ1v) is 14.4. The minimum atomic E-state index is -3.95. The number of nitrogens with one attached hydrogen (secondary N) is 1. The number of benzene rings is 2. The number of hydrogen-bond acceptors (Lipinski definition) is 7. The van der Waals surface area contributed by atoms with Crippen molar-refractivity contribution in [1.82, 2.24) is 19.3 Å². The second-order valence-corrected chi connectivity index (χ2v) is 11.5. The van der Waals surface area contributed by atoms with Crippen LogP contribution in [0.1, 0.15) is 37.2 Å². The van der Waals surface area contributed by atoms with Gasteiger partial charge in [0.15, 0.2) is 0 Å². The summed E-state index contributed by atoms with van der Waals surface area (Å²) in [5.41, 5.74) is 3.71. The Hall–Kier alpha value is -3.60. The van der Waals surface area contributed by atoms with Gasteiger partial charge in [-0.2, -0.15) is 4.72 Å². The molecule has 10 heteroatoms. The normalized spacial score (nSPS) is 12.6. The van der Waals surface area contributed by atoms with Gasteiger partial charge in [-0.05, 0) is 48.6 Å². The summed E-state index contributed by atoms with van der Waals surface area (Å²) < 4.78 is 41.8. The molecule has 206 valence electrons. The van der Waals surface area contributed by atoms with Gasteiger partial charge in [0.25, 0.3) is 0 Å². The molecule has 0 aliphatic rings. The van der Waals surface area contributed by atoms with Crippen LogP contribution < -0.4 is 4.72 Å². The lowest BCUT2D eigenvalue weighted by molar-refractivity contribution is -0.147. The number of rotatable bonds is 13. The van der Waals surface area contributed by atoms with E-state index in [1.54, 1.807) is 36.7 Å². The molecule has 1 atom stereocenters. The second-order valence-electron chi connectivity index (χ2n) is 9.76. The van der Waals surface area contributed by atoms with Gasteiger partial charge >= 0.3 is 5.97 Å². The van der Waals surface area contributed by atoms with E-state index in [1.165, 1.54) is 0 Å². The van der Waals surface area contributed by atoms with Crippen LogP contribution in [0.5, 0.6) is 0 Å². The molecule has 4 rings (SSSR count). The highest BCUT2D eigenvalue weighted by atomic mass is 32.2. The van der Waals surface area contributed by atoms with Gasteiger partial charge in [-0.1, -0.05) is 56.3 Å². The molecule has 2 heterocycles. The molecule has 2 aromatic carbocycles. The van der Waals surface area contributed by atoms with Crippen molar-refractivity contribution in [3.05, 3.63) is 90.0 Å². The summed E-state index contributed by atoms with van der Waals surface area (Å²) in [5, 5.41) is 0. The van der Waals surface area contributed by atoms with Crippen molar-refractivity contribution in [1.29, 1.82) is 0 Å². The average Bonchev–Trinajstić information content (AvgIpc) is 3.23. The van der Waals surface area contributed by atoms with Gasteiger partial charge in [0.05, 0.1) is 29.8 Å². The molecule has 0 bridgehead atoms. The van der Waals surface area contributed by atoms with Gasteiger partial charge < -0.3 is 14.0 Å². The molecule has 0 amide bonds. The molecular formula is C29H34N4O5S. The van der Waals surface area contributed by atoms with Crippen molar-refractivity contribution in [3.63, 3.8) is 0 Å². The summed E-state index contributed by atoms with van der Waals surface area (Å²) in [6.07, 6.45) is 3.75. The number of imidazole rings is 1. The number of fused-ring (bicyclic) bond motifs is 1. The van der Waals surface area contributed by atoms with Crippen LogP contribution in [0, 0.1) is 12.8 Å². The lowest BCUT2D eigenvalue weighted by Crippen LogP contribution is -2.42. The predicted molar refractivity (Wildman–Crippen MR) is 148 cm³/mol. The Balaban J connectivity index is 1.36. The molecule has 0 radical (unpaired) electrons. The van der Waals surface area contributed by atoms with E-state index in [0.717, 1.165) is 28.0 Å². The summed E-state index contributed by atoms with van der Waals surface area (Å²) in [5.74, 6) is 0.298. The van der Waals surface area contributed by atoms with E-state index in [-0.39, 0.29) is 24.0 Å². The van der Waals surface area contributed by atoms with Crippen LogP contribution in [0.4, 0.5) is 0 Å². The van der Waals surface area contributed by atoms with Crippen LogP contribution in [0.25, 0.3) is 11.0 Å². The van der Waals surface area contributed by atoms with Crippen LogP contribution in [0.3, 0.4) is 0 Å². The molecule has 9 nitrogen and oxygen atoms in total. The third-order valence-electron chi connectivity index (χ3n) is 6.19. The van der Waals surface area contributed by atoms with E-state index in [4.69, 9.17) is 9.47 Å². The molecule has 0 aliphatic carbocycles. The molecule has 1 N–H and O–H groups in total. The zero-order valence-corrected chi connectivity index (χ0v) is 23.2. The van der Waals surface area contributed by atoms with E-state index in [9.17, 15) is 13.2 Å². The van der Waals surface area contributed by atoms with Gasteiger partial charge in [0, 0.05) is 12.7 Å². The number of aryl methyl sites for hydroxylation is 1. The van der Waals surface area contributed by atoms with Crippen LogP contribution in [-0.2, 0) is 37.4 Å². The van der Waals surface area contributed by atoms with Crippen LogP contribution in [0.2, 0.25) is 0 Å². The first-order chi connectivity index (χ1) is 18.7. The van der Waals surface area contributed by atoms with E-state index in [1.807, 2.05) is 57.2 Å². The van der Waals surface area contributed by atoms with Crippen LogP contribution >= 0.6 is 0 Å². The lowest BCUT2D eigenvalue weighted by Gasteiger charge is -2.19. The van der Waals surface area contributed by atoms with E-state index in [0.29, 0.717) is 19.6 Å². The highest BCUT2D eigenvalue weighted by molar-refractivity contribution is 7.89. The SMILES string of the molecule is Cc1nc2cnccc2n1Cc1ccc(S(=O)(=O)N[C@@H](CC(C)C)C(=O)OCCOCc2ccccc2)cc1. The van der Waals surface area contributed by atoms with Gasteiger partial charge in [0.1, 0.15) is 24.0 Å². The fourth-order valence-corrected chi connectivity index (χ4v) is 5.44. The van der Waals surface area contributed by atoms with Crippen molar-refractivity contribution in [2.45, 2.75) is 51.3 Å². The Morgan fingerprint density at radius 3 is 2.46 bits per heavy atom. The zero-order valence-electron chi connectivity index (χ0n) is 22.4. The number of ether oxygens (including phenoxy) is 2. The van der Waals surface area contributed by atoms with E-state index in [2.05, 4.69) is 19.3 Å². The van der Waals surface area contributed by atoms with Crippen molar-refractivity contribution < 1.29 is 22.7 Å². The van der Waals surface area contributed by atoms with Crippen molar-refractivity contribution in [3.8, 4) is 0 Å². The highest BCUT2D eigenvalue weighted by Crippen LogP contribution is 2.19. The molecule has 39 heavy (non-hydrogen) atoms. The topological polar surface area (TPSA) is 112 Å². The second kappa shape index (κ2) is 13.0. The smallest absolute Gasteiger partial charge is 0.324 e. The summed E-state index contributed by atoms with van der Waals surface area (Å²) in [7, 11) is -3.95. The zero-order chi connectivity index (χ0) is 27.8. The largest absolute Gasteiger partial charge is 0.462 e. The number of nitrogens with zero attached hydrogens (tertiary/aromatic N) is 3. The maximum atomic E-state index is 13.2. The summed E-state index contributed by atoms with van der Waals surface area (Å²) in [4.78, 5) is 21.5. The number of pyridine rings is 1. The molecule has 0 fully saturated rings. The van der Waals surface area contributed by atoms with E-state index < -0.39 is 22.0 Å². The Morgan fingerprint density at radius 2 is 1.74 bits per heavy atom. The molecule has 0 spiro atoms. The van der Waals surface area contributed by atoms with Crippen molar-refractivity contribution in [2.24, 2.45) is 5.92 Å². The highest BCUT2D eigenvalue weighted by Gasteiger charge is 2.28.